The monoisotopic (exact) mass is 464 g/mol. The topological polar surface area (TPSA) is 123 Å². The average Bonchev–Trinajstić information content (AvgIpc) is 3.32. The van der Waals surface area contributed by atoms with Gasteiger partial charge in [0.1, 0.15) is 12.3 Å². The van der Waals surface area contributed by atoms with Crippen molar-refractivity contribution in [2.45, 2.75) is 38.0 Å². The molecule has 0 aliphatic carbocycles. The summed E-state index contributed by atoms with van der Waals surface area (Å²) in [5.74, 6) is -2.10. The van der Waals surface area contributed by atoms with Crippen molar-refractivity contribution in [2.24, 2.45) is 11.8 Å². The third kappa shape index (κ3) is 3.73. The van der Waals surface area contributed by atoms with Crippen molar-refractivity contribution in [2.75, 3.05) is 32.8 Å². The number of carbonyl (C=O) groups is 3. The number of carboxylic acids is 1. The fraction of sp³-hybridized carbons (Fsp3) is 0.619. The van der Waals surface area contributed by atoms with Gasteiger partial charge in [-0.1, -0.05) is 12.7 Å². The Morgan fingerprint density at radius 1 is 1.34 bits per heavy atom. The molecule has 5 atom stereocenters. The van der Waals surface area contributed by atoms with E-state index < -0.39 is 18.0 Å². The zero-order valence-electron chi connectivity index (χ0n) is 17.9. The van der Waals surface area contributed by atoms with Gasteiger partial charge in [0.15, 0.2) is 5.11 Å². The molecule has 3 fully saturated rings. The van der Waals surface area contributed by atoms with Gasteiger partial charge in [-0.2, -0.15) is 0 Å². The number of amides is 2. The van der Waals surface area contributed by atoms with E-state index in [1.54, 1.807) is 11.8 Å². The van der Waals surface area contributed by atoms with Crippen LogP contribution in [0.5, 0.6) is 0 Å². The quantitative estimate of drug-likeness (QED) is 0.296. The molecule has 4 aliphatic rings. The number of hydrogen-bond donors (Lipinski definition) is 3. The Morgan fingerprint density at radius 2 is 2.06 bits per heavy atom. The summed E-state index contributed by atoms with van der Waals surface area (Å²) in [4.78, 5) is 41.4. The molecule has 4 aliphatic heterocycles. The van der Waals surface area contributed by atoms with Crippen molar-refractivity contribution >= 4 is 35.3 Å². The minimum atomic E-state index is -1.13. The maximum atomic E-state index is 12.5. The molecule has 0 bridgehead atoms. The second kappa shape index (κ2) is 8.70. The second-order valence-corrected chi connectivity index (χ2v) is 9.09. The zero-order chi connectivity index (χ0) is 23.2. The summed E-state index contributed by atoms with van der Waals surface area (Å²) in [6.07, 6.45) is 1.69. The van der Waals surface area contributed by atoms with Gasteiger partial charge >= 0.3 is 12.1 Å². The SMILES string of the molecule is C=CCOC(=O)N1CCC(NC(=S)N2CC[C@H]3C(=C(C(=O)O)N4C(=O)[C@H]([C@@H](C)O)[C@@H]34)C2)C1. The summed E-state index contributed by atoms with van der Waals surface area (Å²) >= 11 is 5.59. The Labute approximate surface area is 191 Å². The van der Waals surface area contributed by atoms with Crippen LogP contribution in [0.3, 0.4) is 0 Å². The molecule has 0 radical (unpaired) electrons. The van der Waals surface area contributed by atoms with Crippen molar-refractivity contribution in [3.8, 4) is 0 Å². The maximum Gasteiger partial charge on any atom is 0.410 e. The smallest absolute Gasteiger partial charge is 0.410 e. The van der Waals surface area contributed by atoms with Crippen LogP contribution >= 0.6 is 12.2 Å². The number of nitrogens with one attached hydrogen (secondary N) is 1. The van der Waals surface area contributed by atoms with E-state index in [0.29, 0.717) is 43.3 Å². The Morgan fingerprint density at radius 3 is 2.72 bits per heavy atom. The van der Waals surface area contributed by atoms with E-state index in [9.17, 15) is 24.6 Å². The van der Waals surface area contributed by atoms with Crippen molar-refractivity contribution < 1.29 is 29.3 Å². The molecule has 11 heteroatoms. The van der Waals surface area contributed by atoms with Crippen LogP contribution in [0.4, 0.5) is 4.79 Å². The van der Waals surface area contributed by atoms with E-state index in [-0.39, 0.29) is 42.3 Å². The number of carbonyl (C=O) groups excluding carboxylic acids is 2. The predicted molar refractivity (Wildman–Crippen MR) is 117 cm³/mol. The summed E-state index contributed by atoms with van der Waals surface area (Å²) in [6, 6.07) is -0.314. The molecule has 4 rings (SSSR count). The first-order valence-electron chi connectivity index (χ1n) is 10.8. The van der Waals surface area contributed by atoms with Crippen LogP contribution in [-0.4, -0.2) is 99.0 Å². The largest absolute Gasteiger partial charge is 0.477 e. The summed E-state index contributed by atoms with van der Waals surface area (Å²) < 4.78 is 5.07. The number of piperidine rings is 1. The predicted octanol–water partition coefficient (Wildman–Crippen LogP) is 0.140. The van der Waals surface area contributed by atoms with Crippen molar-refractivity contribution in [1.29, 1.82) is 0 Å². The molecule has 0 aromatic heterocycles. The molecule has 0 saturated carbocycles. The fourth-order valence-corrected chi connectivity index (χ4v) is 5.63. The number of likely N-dealkylation sites (tertiary alicyclic amines) is 2. The van der Waals surface area contributed by atoms with Crippen LogP contribution in [0.2, 0.25) is 0 Å². The molecule has 3 N–H and O–H groups in total. The number of carboxylic acid groups (broad SMARTS) is 1. The molecule has 3 saturated heterocycles. The Bertz CT molecular complexity index is 890. The number of rotatable bonds is 5. The minimum Gasteiger partial charge on any atom is -0.477 e. The van der Waals surface area contributed by atoms with E-state index in [0.717, 1.165) is 6.42 Å². The number of hydrogen-bond acceptors (Lipinski definition) is 6. The van der Waals surface area contributed by atoms with Crippen molar-refractivity contribution in [3.63, 3.8) is 0 Å². The summed E-state index contributed by atoms with van der Waals surface area (Å²) in [6.45, 7) is 7.24. The van der Waals surface area contributed by atoms with E-state index in [1.165, 1.54) is 11.0 Å². The van der Waals surface area contributed by atoms with E-state index >= 15 is 0 Å². The highest BCUT2D eigenvalue weighted by Crippen LogP contribution is 2.50. The van der Waals surface area contributed by atoms with Gasteiger partial charge in [0.2, 0.25) is 5.91 Å². The summed E-state index contributed by atoms with van der Waals surface area (Å²) in [5, 5.41) is 23.6. The molecular weight excluding hydrogens is 436 g/mol. The Kier molecular flexibility index (Phi) is 6.13. The molecule has 0 aromatic carbocycles. The normalized spacial score (nSPS) is 29.8. The number of fused-ring (bicyclic) bond motifs is 3. The third-order valence-electron chi connectivity index (χ3n) is 6.77. The lowest BCUT2D eigenvalue weighted by Crippen LogP contribution is -2.64. The molecule has 0 spiro atoms. The number of nitrogens with zero attached hydrogens (tertiary/aromatic N) is 3. The lowest BCUT2D eigenvalue weighted by Gasteiger charge is -2.48. The highest BCUT2D eigenvalue weighted by Gasteiger charge is 2.61. The van der Waals surface area contributed by atoms with Crippen LogP contribution in [0.1, 0.15) is 19.8 Å². The number of aliphatic carboxylic acids is 1. The first kappa shape index (κ1) is 22.5. The van der Waals surface area contributed by atoms with Gasteiger partial charge in [0.05, 0.1) is 18.1 Å². The van der Waals surface area contributed by atoms with Gasteiger partial charge < -0.3 is 35.0 Å². The number of ether oxygens (including phenoxy) is 1. The highest BCUT2D eigenvalue weighted by molar-refractivity contribution is 7.80. The first-order chi connectivity index (χ1) is 15.2. The lowest BCUT2D eigenvalue weighted by molar-refractivity contribution is -0.163. The van der Waals surface area contributed by atoms with E-state index in [1.807, 2.05) is 4.90 Å². The Balaban J connectivity index is 1.40. The second-order valence-electron chi connectivity index (χ2n) is 8.71. The summed E-state index contributed by atoms with van der Waals surface area (Å²) in [5.41, 5.74) is 0.724. The fourth-order valence-electron chi connectivity index (χ4n) is 5.31. The van der Waals surface area contributed by atoms with Gasteiger partial charge in [0, 0.05) is 38.1 Å². The average molecular weight is 465 g/mol. The zero-order valence-corrected chi connectivity index (χ0v) is 18.7. The summed E-state index contributed by atoms with van der Waals surface area (Å²) in [7, 11) is 0. The van der Waals surface area contributed by atoms with Crippen LogP contribution in [-0.2, 0) is 14.3 Å². The molecule has 0 aromatic rings. The van der Waals surface area contributed by atoms with E-state index in [4.69, 9.17) is 17.0 Å². The van der Waals surface area contributed by atoms with Crippen LogP contribution in [0.15, 0.2) is 23.9 Å². The molecule has 174 valence electrons. The van der Waals surface area contributed by atoms with Gasteiger partial charge in [-0.05, 0) is 37.6 Å². The van der Waals surface area contributed by atoms with Gasteiger partial charge in [0.25, 0.3) is 0 Å². The maximum absolute atomic E-state index is 12.5. The molecule has 2 amide bonds. The molecule has 1 unspecified atom stereocenters. The first-order valence-corrected chi connectivity index (χ1v) is 11.2. The molecule has 4 heterocycles. The molecular formula is C21H28N4O6S. The van der Waals surface area contributed by atoms with Gasteiger partial charge in [-0.3, -0.25) is 4.79 Å². The van der Waals surface area contributed by atoms with Crippen LogP contribution < -0.4 is 5.32 Å². The number of aliphatic hydroxyl groups is 1. The van der Waals surface area contributed by atoms with E-state index in [2.05, 4.69) is 11.9 Å². The highest BCUT2D eigenvalue weighted by atomic mass is 32.1. The molecule has 10 nitrogen and oxygen atoms in total. The number of thiocarbonyl (C=S) groups is 1. The van der Waals surface area contributed by atoms with Crippen molar-refractivity contribution in [1.82, 2.24) is 20.0 Å². The lowest BCUT2D eigenvalue weighted by atomic mass is 9.74. The minimum absolute atomic E-state index is 0.0193. The van der Waals surface area contributed by atoms with Crippen LogP contribution in [0.25, 0.3) is 0 Å². The van der Waals surface area contributed by atoms with Crippen LogP contribution in [0, 0.1) is 11.8 Å². The number of β-lactam (4-membered cyclic amide) rings is 1. The Hall–Kier alpha value is -2.66. The van der Waals surface area contributed by atoms with Gasteiger partial charge in [-0.25, -0.2) is 9.59 Å². The molecule has 32 heavy (non-hydrogen) atoms. The number of aliphatic hydroxyl groups excluding tert-OH is 1. The van der Waals surface area contributed by atoms with Gasteiger partial charge in [-0.15, -0.1) is 0 Å². The standard InChI is InChI=1S/C21H28N4O6S/c1-3-8-31-21(30)24-6-4-12(9-24)22-20(32)23-7-5-13-14(10-23)17(19(28)29)25-16(13)15(11(2)26)18(25)27/h3,11-13,15-16,26H,1,4-10H2,2H3,(H,22,32)(H,28,29)/t11-,12?,13+,15-,16-/m1/s1. The third-order valence-corrected chi connectivity index (χ3v) is 7.15. The van der Waals surface area contributed by atoms with Crippen molar-refractivity contribution in [3.05, 3.63) is 23.9 Å².